The SMILES string of the molecule is CNC1OC(CO)C(O)C(O)C1O. The summed E-state index contributed by atoms with van der Waals surface area (Å²) >= 11 is 0. The van der Waals surface area contributed by atoms with E-state index in [1.54, 1.807) is 7.05 Å². The van der Waals surface area contributed by atoms with Crippen LogP contribution in [0.3, 0.4) is 0 Å². The first-order valence-electron chi connectivity index (χ1n) is 4.09. The third-order valence-corrected chi connectivity index (χ3v) is 2.18. The summed E-state index contributed by atoms with van der Waals surface area (Å²) in [5.41, 5.74) is 0. The summed E-state index contributed by atoms with van der Waals surface area (Å²) in [5.74, 6) is 0. The van der Waals surface area contributed by atoms with Crippen LogP contribution in [0.2, 0.25) is 0 Å². The second kappa shape index (κ2) is 4.32. The fourth-order valence-corrected chi connectivity index (χ4v) is 1.34. The summed E-state index contributed by atoms with van der Waals surface area (Å²) in [6.07, 6.45) is -5.39. The number of aliphatic hydroxyl groups excluding tert-OH is 4. The number of rotatable bonds is 2. The molecule has 0 aromatic heterocycles. The Morgan fingerprint density at radius 3 is 2.23 bits per heavy atom. The van der Waals surface area contributed by atoms with E-state index in [0.717, 1.165) is 0 Å². The van der Waals surface area contributed by atoms with Crippen LogP contribution in [0, 0.1) is 0 Å². The molecule has 1 rings (SSSR count). The Hall–Kier alpha value is -0.240. The molecule has 0 aliphatic carbocycles. The summed E-state index contributed by atoms with van der Waals surface area (Å²) in [6, 6.07) is 0. The molecule has 78 valence electrons. The lowest BCUT2D eigenvalue weighted by Gasteiger charge is -2.39. The lowest BCUT2D eigenvalue weighted by Crippen LogP contribution is -2.61. The van der Waals surface area contributed by atoms with Crippen LogP contribution in [0.1, 0.15) is 0 Å². The Kier molecular flexibility index (Phi) is 3.60. The topological polar surface area (TPSA) is 102 Å². The largest absolute Gasteiger partial charge is 0.394 e. The van der Waals surface area contributed by atoms with Crippen LogP contribution >= 0.6 is 0 Å². The molecule has 13 heavy (non-hydrogen) atoms. The van der Waals surface area contributed by atoms with Crippen molar-refractivity contribution in [2.75, 3.05) is 13.7 Å². The molecule has 0 amide bonds. The molecule has 0 aromatic rings. The fourth-order valence-electron chi connectivity index (χ4n) is 1.34. The normalized spacial score (nSPS) is 46.4. The Balaban J connectivity index is 2.66. The van der Waals surface area contributed by atoms with E-state index in [-0.39, 0.29) is 0 Å². The minimum atomic E-state index is -1.30. The summed E-state index contributed by atoms with van der Waals surface area (Å²) in [5, 5.41) is 39.3. The Bertz CT molecular complexity index is 147. The average Bonchev–Trinajstić information content (AvgIpc) is 2.15. The van der Waals surface area contributed by atoms with Gasteiger partial charge in [0.1, 0.15) is 30.6 Å². The fraction of sp³-hybridized carbons (Fsp3) is 1.00. The second-order valence-corrected chi connectivity index (χ2v) is 3.04. The summed E-state index contributed by atoms with van der Waals surface area (Å²) in [6.45, 7) is -0.400. The number of likely N-dealkylation sites (N-methyl/N-ethyl adjacent to an activating group) is 1. The van der Waals surface area contributed by atoms with Crippen molar-refractivity contribution in [1.29, 1.82) is 0 Å². The van der Waals surface area contributed by atoms with E-state index in [9.17, 15) is 15.3 Å². The van der Waals surface area contributed by atoms with E-state index in [1.165, 1.54) is 0 Å². The molecule has 0 aromatic carbocycles. The number of ether oxygens (including phenoxy) is 1. The molecule has 5 N–H and O–H groups in total. The van der Waals surface area contributed by atoms with Crippen LogP contribution < -0.4 is 5.32 Å². The molecule has 0 spiro atoms. The van der Waals surface area contributed by atoms with Crippen LogP contribution in [0.15, 0.2) is 0 Å². The van der Waals surface area contributed by atoms with Gasteiger partial charge in [0.2, 0.25) is 0 Å². The molecule has 1 aliphatic heterocycles. The first-order chi connectivity index (χ1) is 6.11. The maximum Gasteiger partial charge on any atom is 0.137 e. The minimum absolute atomic E-state index is 0.400. The van der Waals surface area contributed by atoms with Crippen LogP contribution in [-0.2, 0) is 4.74 Å². The van der Waals surface area contributed by atoms with Gasteiger partial charge >= 0.3 is 0 Å². The molecule has 0 saturated carbocycles. The number of hydrogen-bond donors (Lipinski definition) is 5. The van der Waals surface area contributed by atoms with Gasteiger partial charge in [-0.2, -0.15) is 0 Å². The van der Waals surface area contributed by atoms with Crippen LogP contribution in [0.5, 0.6) is 0 Å². The second-order valence-electron chi connectivity index (χ2n) is 3.04. The van der Waals surface area contributed by atoms with Crippen molar-refractivity contribution in [3.63, 3.8) is 0 Å². The Morgan fingerprint density at radius 1 is 1.15 bits per heavy atom. The monoisotopic (exact) mass is 193 g/mol. The van der Waals surface area contributed by atoms with Gasteiger partial charge in [-0.3, -0.25) is 5.32 Å². The molecule has 1 aliphatic rings. The van der Waals surface area contributed by atoms with Crippen LogP contribution in [0.4, 0.5) is 0 Å². The molecule has 6 nitrogen and oxygen atoms in total. The van der Waals surface area contributed by atoms with Crippen molar-refractivity contribution < 1.29 is 25.2 Å². The van der Waals surface area contributed by atoms with Crippen molar-refractivity contribution in [2.24, 2.45) is 0 Å². The minimum Gasteiger partial charge on any atom is -0.394 e. The van der Waals surface area contributed by atoms with Gasteiger partial charge in [-0.05, 0) is 7.05 Å². The standard InChI is InChI=1S/C7H15NO5/c1-8-7-6(12)5(11)4(10)3(2-9)13-7/h3-12H,2H2,1H3. The zero-order valence-corrected chi connectivity index (χ0v) is 7.29. The van der Waals surface area contributed by atoms with Crippen molar-refractivity contribution in [1.82, 2.24) is 5.32 Å². The quantitative estimate of drug-likeness (QED) is 0.320. The van der Waals surface area contributed by atoms with Crippen molar-refractivity contribution >= 4 is 0 Å². The van der Waals surface area contributed by atoms with Gasteiger partial charge < -0.3 is 25.2 Å². The summed E-state index contributed by atoms with van der Waals surface area (Å²) in [7, 11) is 1.55. The van der Waals surface area contributed by atoms with Crippen molar-refractivity contribution in [2.45, 2.75) is 30.6 Å². The Labute approximate surface area is 75.8 Å². The molecule has 0 bridgehead atoms. The summed E-state index contributed by atoms with van der Waals surface area (Å²) in [4.78, 5) is 0. The highest BCUT2D eigenvalue weighted by atomic mass is 16.6. The van der Waals surface area contributed by atoms with Gasteiger partial charge in [0, 0.05) is 0 Å². The van der Waals surface area contributed by atoms with E-state index in [1.807, 2.05) is 0 Å². The highest BCUT2D eigenvalue weighted by Crippen LogP contribution is 2.18. The highest BCUT2D eigenvalue weighted by Gasteiger charge is 2.42. The van der Waals surface area contributed by atoms with Gasteiger partial charge in [0.25, 0.3) is 0 Å². The average molecular weight is 193 g/mol. The van der Waals surface area contributed by atoms with Gasteiger partial charge in [0.05, 0.1) is 6.61 Å². The molecule has 6 heteroatoms. The predicted molar refractivity (Wildman–Crippen MR) is 42.8 cm³/mol. The molecule has 1 saturated heterocycles. The molecule has 1 heterocycles. The van der Waals surface area contributed by atoms with E-state index in [0.29, 0.717) is 0 Å². The zero-order valence-electron chi connectivity index (χ0n) is 7.29. The smallest absolute Gasteiger partial charge is 0.137 e. The number of aliphatic hydroxyl groups is 4. The number of nitrogens with one attached hydrogen (secondary N) is 1. The third-order valence-electron chi connectivity index (χ3n) is 2.18. The number of hydrogen-bond acceptors (Lipinski definition) is 6. The molecular weight excluding hydrogens is 178 g/mol. The van der Waals surface area contributed by atoms with Gasteiger partial charge in [-0.15, -0.1) is 0 Å². The molecular formula is C7H15NO5. The first kappa shape index (κ1) is 10.8. The van der Waals surface area contributed by atoms with Gasteiger partial charge in [-0.1, -0.05) is 0 Å². The van der Waals surface area contributed by atoms with E-state index in [4.69, 9.17) is 9.84 Å². The predicted octanol–water partition coefficient (Wildman–Crippen LogP) is -2.99. The lowest BCUT2D eigenvalue weighted by molar-refractivity contribution is -0.235. The zero-order chi connectivity index (χ0) is 10.0. The maximum atomic E-state index is 9.34. The highest BCUT2D eigenvalue weighted by molar-refractivity contribution is 4.90. The Morgan fingerprint density at radius 2 is 1.77 bits per heavy atom. The molecule has 5 atom stereocenters. The van der Waals surface area contributed by atoms with Crippen molar-refractivity contribution in [3.05, 3.63) is 0 Å². The molecule has 1 fully saturated rings. The van der Waals surface area contributed by atoms with Gasteiger partial charge in [-0.25, -0.2) is 0 Å². The maximum absolute atomic E-state index is 9.34. The van der Waals surface area contributed by atoms with E-state index in [2.05, 4.69) is 5.32 Å². The molecule has 5 unspecified atom stereocenters. The molecule has 0 radical (unpaired) electrons. The van der Waals surface area contributed by atoms with Crippen LogP contribution in [-0.4, -0.2) is 64.7 Å². The van der Waals surface area contributed by atoms with E-state index < -0.39 is 37.3 Å². The van der Waals surface area contributed by atoms with Gasteiger partial charge in [0.15, 0.2) is 0 Å². The lowest BCUT2D eigenvalue weighted by atomic mass is 9.98. The van der Waals surface area contributed by atoms with Crippen LogP contribution in [0.25, 0.3) is 0 Å². The van der Waals surface area contributed by atoms with E-state index >= 15 is 0 Å². The first-order valence-corrected chi connectivity index (χ1v) is 4.09. The summed E-state index contributed by atoms with van der Waals surface area (Å²) < 4.78 is 5.06. The van der Waals surface area contributed by atoms with Crippen molar-refractivity contribution in [3.8, 4) is 0 Å². The third kappa shape index (κ3) is 1.98.